The zero-order valence-electron chi connectivity index (χ0n) is 7.64. The third-order valence-corrected chi connectivity index (χ3v) is 1.90. The van der Waals surface area contributed by atoms with Crippen LogP contribution < -0.4 is 5.73 Å². The molecule has 0 saturated carbocycles. The summed E-state index contributed by atoms with van der Waals surface area (Å²) in [5.74, 6) is -3.27. The number of nitrogens with two attached hydrogens (primary N) is 1. The highest BCUT2D eigenvalue weighted by atomic mass is 16.4. The van der Waals surface area contributed by atoms with Gasteiger partial charge in [0.1, 0.15) is 11.8 Å². The second-order valence-corrected chi connectivity index (χ2v) is 3.08. The largest absolute Gasteiger partial charge is 0.508 e. The molecule has 0 heterocycles. The molecule has 1 aliphatic carbocycles. The van der Waals surface area contributed by atoms with Crippen molar-refractivity contribution in [1.82, 2.24) is 0 Å². The number of allylic oxidation sites excluding steroid dienone is 3. The maximum Gasteiger partial charge on any atom is 0.320 e. The lowest BCUT2D eigenvalue weighted by Gasteiger charge is -2.12. The van der Waals surface area contributed by atoms with Gasteiger partial charge in [0, 0.05) is 18.1 Å². The molecule has 0 aromatic heterocycles. The van der Waals surface area contributed by atoms with E-state index in [2.05, 4.69) is 0 Å². The van der Waals surface area contributed by atoms with E-state index in [9.17, 15) is 19.5 Å². The highest BCUT2D eigenvalue weighted by Gasteiger charge is 2.23. The lowest BCUT2D eigenvalue weighted by Crippen LogP contribution is -2.31. The molecule has 1 rings (SSSR count). The molecule has 80 valence electrons. The summed E-state index contributed by atoms with van der Waals surface area (Å²) in [6.45, 7) is 0. The summed E-state index contributed by atoms with van der Waals surface area (Å²) in [7, 11) is 0. The second-order valence-electron chi connectivity index (χ2n) is 3.08. The van der Waals surface area contributed by atoms with Crippen LogP contribution in [0.5, 0.6) is 0 Å². The lowest BCUT2D eigenvalue weighted by molar-refractivity contribution is -0.138. The summed E-state index contributed by atoms with van der Waals surface area (Å²) in [6, 6.07) is -1.21. The molecule has 0 aromatic rings. The summed E-state index contributed by atoms with van der Waals surface area (Å²) in [5.41, 5.74) is 5.28. The first kappa shape index (κ1) is 11.1. The van der Waals surface area contributed by atoms with Crippen LogP contribution in [-0.4, -0.2) is 33.8 Å². The van der Waals surface area contributed by atoms with Gasteiger partial charge in [-0.3, -0.25) is 14.4 Å². The molecule has 1 aliphatic rings. The molecule has 0 bridgehead atoms. The van der Waals surface area contributed by atoms with Crippen molar-refractivity contribution in [1.29, 1.82) is 0 Å². The lowest BCUT2D eigenvalue weighted by atomic mass is 9.97. The van der Waals surface area contributed by atoms with Crippen molar-refractivity contribution >= 4 is 17.5 Å². The molecule has 6 nitrogen and oxygen atoms in total. The van der Waals surface area contributed by atoms with E-state index in [1.54, 1.807) is 0 Å². The maximum absolute atomic E-state index is 10.9. The van der Waals surface area contributed by atoms with E-state index in [-0.39, 0.29) is 12.0 Å². The Bertz CT molecular complexity index is 393. The molecule has 0 amide bonds. The van der Waals surface area contributed by atoms with Gasteiger partial charge in [-0.05, 0) is 6.08 Å². The van der Waals surface area contributed by atoms with E-state index in [0.29, 0.717) is 0 Å². The highest BCUT2D eigenvalue weighted by molar-refractivity contribution is 6.46. The highest BCUT2D eigenvalue weighted by Crippen LogP contribution is 2.17. The van der Waals surface area contributed by atoms with Crippen LogP contribution in [0.2, 0.25) is 0 Å². The normalized spacial score (nSPS) is 18.2. The fourth-order valence-electron chi connectivity index (χ4n) is 1.08. The van der Waals surface area contributed by atoms with Crippen LogP contribution in [-0.2, 0) is 14.4 Å². The number of hydrogen-bond donors (Lipinski definition) is 3. The summed E-state index contributed by atoms with van der Waals surface area (Å²) < 4.78 is 0. The molecule has 0 aliphatic heterocycles. The number of carbonyl (C=O) groups is 3. The molecule has 0 fully saturated rings. The van der Waals surface area contributed by atoms with Crippen molar-refractivity contribution < 1.29 is 24.6 Å². The van der Waals surface area contributed by atoms with E-state index in [1.807, 2.05) is 0 Å². The number of carboxylic acid groups (broad SMARTS) is 1. The van der Waals surface area contributed by atoms with Crippen LogP contribution in [0.4, 0.5) is 0 Å². The van der Waals surface area contributed by atoms with Crippen LogP contribution in [0.25, 0.3) is 0 Å². The van der Waals surface area contributed by atoms with Crippen LogP contribution >= 0.6 is 0 Å². The van der Waals surface area contributed by atoms with E-state index < -0.39 is 29.3 Å². The molecular weight excluding hydrogens is 202 g/mol. The fourth-order valence-corrected chi connectivity index (χ4v) is 1.08. The van der Waals surface area contributed by atoms with Crippen LogP contribution in [0, 0.1) is 0 Å². The first-order chi connectivity index (χ1) is 6.91. The van der Waals surface area contributed by atoms with Crippen LogP contribution in [0.3, 0.4) is 0 Å². The van der Waals surface area contributed by atoms with E-state index in [1.165, 1.54) is 0 Å². The number of aliphatic hydroxyl groups is 1. The Morgan fingerprint density at radius 1 is 1.33 bits per heavy atom. The van der Waals surface area contributed by atoms with Gasteiger partial charge in [-0.25, -0.2) is 0 Å². The fraction of sp³-hybridized carbons (Fsp3) is 0.222. The molecule has 6 heteroatoms. The third kappa shape index (κ3) is 2.50. The van der Waals surface area contributed by atoms with Gasteiger partial charge < -0.3 is 15.9 Å². The number of hydrogen-bond acceptors (Lipinski definition) is 5. The zero-order valence-corrected chi connectivity index (χ0v) is 7.64. The minimum atomic E-state index is -1.24. The zero-order chi connectivity index (χ0) is 11.6. The Morgan fingerprint density at radius 2 is 1.87 bits per heavy atom. The first-order valence-electron chi connectivity index (χ1n) is 4.10. The van der Waals surface area contributed by atoms with E-state index in [4.69, 9.17) is 10.8 Å². The number of carboxylic acids is 1. The molecule has 0 saturated heterocycles. The standard InChI is InChI=1S/C9H9NO5/c10-5(9(14)15)1-4-2-7(12)8(13)3-6(4)11/h2-3,5,11H,1,10H2,(H,14,15). The van der Waals surface area contributed by atoms with Crippen molar-refractivity contribution in [2.24, 2.45) is 5.73 Å². The van der Waals surface area contributed by atoms with Crippen molar-refractivity contribution in [3.8, 4) is 0 Å². The first-order valence-corrected chi connectivity index (χ1v) is 4.10. The number of aliphatic hydroxyl groups excluding tert-OH is 1. The summed E-state index contributed by atoms with van der Waals surface area (Å²) in [5, 5.41) is 17.8. The van der Waals surface area contributed by atoms with Gasteiger partial charge in [0.25, 0.3) is 0 Å². The van der Waals surface area contributed by atoms with Crippen LogP contribution in [0.15, 0.2) is 23.5 Å². The minimum Gasteiger partial charge on any atom is -0.508 e. The van der Waals surface area contributed by atoms with Gasteiger partial charge in [0.15, 0.2) is 0 Å². The summed E-state index contributed by atoms with van der Waals surface area (Å²) in [6.07, 6.45) is 1.46. The predicted molar refractivity (Wildman–Crippen MR) is 49.0 cm³/mol. The van der Waals surface area contributed by atoms with Crippen molar-refractivity contribution in [3.05, 3.63) is 23.5 Å². The van der Waals surface area contributed by atoms with Gasteiger partial charge in [0.05, 0.1) is 0 Å². The Labute approximate surface area is 84.7 Å². The average molecular weight is 211 g/mol. The van der Waals surface area contributed by atoms with Gasteiger partial charge in [-0.2, -0.15) is 0 Å². The van der Waals surface area contributed by atoms with Crippen molar-refractivity contribution in [2.45, 2.75) is 12.5 Å². The Balaban J connectivity index is 2.84. The topological polar surface area (TPSA) is 118 Å². The molecular formula is C9H9NO5. The maximum atomic E-state index is 10.9. The Morgan fingerprint density at radius 3 is 2.40 bits per heavy atom. The molecule has 0 radical (unpaired) electrons. The molecule has 1 unspecified atom stereocenters. The van der Waals surface area contributed by atoms with Crippen LogP contribution in [0.1, 0.15) is 6.42 Å². The molecule has 1 atom stereocenters. The third-order valence-electron chi connectivity index (χ3n) is 1.90. The number of rotatable bonds is 3. The van der Waals surface area contributed by atoms with Gasteiger partial charge >= 0.3 is 5.97 Å². The number of ketones is 2. The van der Waals surface area contributed by atoms with Crippen molar-refractivity contribution in [3.63, 3.8) is 0 Å². The SMILES string of the molecule is NC(CC1=CC(=O)C(=O)C=C1O)C(=O)O. The van der Waals surface area contributed by atoms with Gasteiger partial charge in [-0.15, -0.1) is 0 Å². The Kier molecular flexibility index (Phi) is 3.01. The van der Waals surface area contributed by atoms with Gasteiger partial charge in [-0.1, -0.05) is 0 Å². The molecule has 15 heavy (non-hydrogen) atoms. The molecule has 0 spiro atoms. The minimum absolute atomic E-state index is 0.0644. The van der Waals surface area contributed by atoms with E-state index >= 15 is 0 Å². The summed E-state index contributed by atoms with van der Waals surface area (Å²) >= 11 is 0. The van der Waals surface area contributed by atoms with E-state index in [0.717, 1.165) is 12.2 Å². The molecule has 4 N–H and O–H groups in total. The molecule has 0 aromatic carbocycles. The second kappa shape index (κ2) is 4.05. The summed E-state index contributed by atoms with van der Waals surface area (Å²) in [4.78, 5) is 32.1. The van der Waals surface area contributed by atoms with Gasteiger partial charge in [0.2, 0.25) is 11.6 Å². The smallest absolute Gasteiger partial charge is 0.320 e. The Hall–Kier alpha value is -1.95. The quantitative estimate of drug-likeness (QED) is 0.420. The number of aliphatic carboxylic acids is 1. The average Bonchev–Trinajstić information content (AvgIpc) is 2.13. The number of carbonyl (C=O) groups excluding carboxylic acids is 2. The monoisotopic (exact) mass is 211 g/mol. The predicted octanol–water partition coefficient (Wildman–Crippen LogP) is -0.691. The van der Waals surface area contributed by atoms with Crippen molar-refractivity contribution in [2.75, 3.05) is 0 Å².